The van der Waals surface area contributed by atoms with Crippen LogP contribution in [-0.4, -0.2) is 86.9 Å². The lowest BCUT2D eigenvalue weighted by Gasteiger charge is -2.19. The third-order valence-corrected chi connectivity index (χ3v) is 4.85. The summed E-state index contributed by atoms with van der Waals surface area (Å²) in [7, 11) is 0. The summed E-state index contributed by atoms with van der Waals surface area (Å²) in [5.74, 6) is -6.09. The summed E-state index contributed by atoms with van der Waals surface area (Å²) in [6.07, 6.45) is 1.39. The highest BCUT2D eigenvalue weighted by Gasteiger charge is 2.25. The van der Waals surface area contributed by atoms with E-state index in [0.717, 1.165) is 29.2 Å². The largest absolute Gasteiger partial charge is 0.492 e. The molecule has 1 aliphatic rings. The van der Waals surface area contributed by atoms with Gasteiger partial charge >= 0.3 is 5.97 Å². The first-order chi connectivity index (χ1) is 17.5. The van der Waals surface area contributed by atoms with Crippen LogP contribution in [0.2, 0.25) is 0 Å². The molecule has 0 aliphatic carbocycles. The van der Waals surface area contributed by atoms with Gasteiger partial charge in [0.25, 0.3) is 11.8 Å². The van der Waals surface area contributed by atoms with Crippen molar-refractivity contribution in [2.24, 2.45) is 5.73 Å². The van der Waals surface area contributed by atoms with Crippen LogP contribution in [0.4, 0.5) is 0 Å². The highest BCUT2D eigenvalue weighted by atomic mass is 16.7. The molecule has 1 atom stereocenters. The van der Waals surface area contributed by atoms with E-state index in [9.17, 15) is 43.8 Å². The van der Waals surface area contributed by atoms with Crippen molar-refractivity contribution < 1.29 is 48.6 Å². The quantitative estimate of drug-likeness (QED) is 0.132. The van der Waals surface area contributed by atoms with Crippen LogP contribution in [0.15, 0.2) is 24.3 Å². The van der Waals surface area contributed by atoms with Gasteiger partial charge in [0.05, 0.1) is 19.5 Å². The molecule has 1 aromatic heterocycles. The molecule has 200 valence electrons. The van der Waals surface area contributed by atoms with Crippen molar-refractivity contribution in [3.8, 4) is 11.8 Å². The Hall–Kier alpha value is -4.89. The van der Waals surface area contributed by atoms with E-state index in [1.165, 1.54) is 0 Å². The fraction of sp³-hybridized carbons (Fsp3) is 0.381. The van der Waals surface area contributed by atoms with Gasteiger partial charge in [-0.05, 0) is 12.8 Å². The maximum Gasteiger partial charge on any atom is 0.333 e. The van der Waals surface area contributed by atoms with E-state index < -0.39 is 78.7 Å². The lowest BCUT2D eigenvalue weighted by molar-refractivity contribution is -0.146. The molecule has 0 saturated heterocycles. The molecule has 1 unspecified atom stereocenters. The molecule has 0 saturated carbocycles. The highest BCUT2D eigenvalue weighted by molar-refractivity contribution is 6.12. The number of hydrogen-bond acceptors (Lipinski definition) is 10. The average Bonchev–Trinajstić information content (AvgIpc) is 3.33. The van der Waals surface area contributed by atoms with Crippen molar-refractivity contribution in [3.63, 3.8) is 0 Å². The highest BCUT2D eigenvalue weighted by Crippen LogP contribution is 2.19. The number of rotatable bonds is 14. The summed E-state index contributed by atoms with van der Waals surface area (Å²) in [4.78, 5) is 88.4. The number of carbonyl (C=O) groups is 7. The summed E-state index contributed by atoms with van der Waals surface area (Å²) in [6, 6.07) is 0.830. The van der Waals surface area contributed by atoms with E-state index in [4.69, 9.17) is 10.6 Å². The van der Waals surface area contributed by atoms with Crippen LogP contribution >= 0.6 is 0 Å². The van der Waals surface area contributed by atoms with Crippen LogP contribution < -0.4 is 26.5 Å². The Morgan fingerprint density at radius 1 is 0.919 bits per heavy atom. The zero-order chi connectivity index (χ0) is 27.5. The SMILES string of the molecule is NC(=O)CNC(=O)CNC(=O)C(CCC(=O)On1c(O)ccc1O)NC(=O)CCCN1C(=O)C=CC1=O. The Balaban J connectivity index is 1.92. The number of nitrogens with one attached hydrogen (secondary N) is 3. The molecule has 2 rings (SSSR count). The fourth-order valence-corrected chi connectivity index (χ4v) is 3.03. The molecule has 0 bridgehead atoms. The first-order valence-corrected chi connectivity index (χ1v) is 10.9. The molecule has 0 radical (unpaired) electrons. The Bertz CT molecular complexity index is 1070. The Morgan fingerprint density at radius 3 is 2.14 bits per heavy atom. The van der Waals surface area contributed by atoms with Crippen molar-refractivity contribution in [1.82, 2.24) is 25.6 Å². The van der Waals surface area contributed by atoms with Crippen LogP contribution in [-0.2, 0) is 33.6 Å². The number of primary amides is 1. The molecule has 1 aromatic rings. The van der Waals surface area contributed by atoms with Crippen LogP contribution in [0.5, 0.6) is 11.8 Å². The number of amides is 6. The Kier molecular flexibility index (Phi) is 10.2. The standard InChI is InChI=1S/C21H26N6O10/c22-13(28)10-23-15(30)11-24-21(36)12(3-8-20(35)37-27-18(33)6-7-19(27)34)25-14(29)2-1-9-26-16(31)4-5-17(26)32/h4-7,12,33-34H,1-3,8-11H2,(H2,22,28)(H,23,30)(H,24,36)(H,25,29). The predicted molar refractivity (Wildman–Crippen MR) is 121 cm³/mol. The van der Waals surface area contributed by atoms with Crippen molar-refractivity contribution in [3.05, 3.63) is 24.3 Å². The van der Waals surface area contributed by atoms with Gasteiger partial charge < -0.3 is 36.7 Å². The van der Waals surface area contributed by atoms with E-state index in [-0.39, 0.29) is 25.8 Å². The van der Waals surface area contributed by atoms with Gasteiger partial charge in [-0.3, -0.25) is 33.7 Å². The van der Waals surface area contributed by atoms with E-state index in [0.29, 0.717) is 4.73 Å². The molecule has 16 heteroatoms. The maximum absolute atomic E-state index is 12.6. The van der Waals surface area contributed by atoms with Crippen LogP contribution in [0.25, 0.3) is 0 Å². The van der Waals surface area contributed by atoms with Gasteiger partial charge in [-0.25, -0.2) is 4.79 Å². The monoisotopic (exact) mass is 522 g/mol. The summed E-state index contributed by atoms with van der Waals surface area (Å²) in [5, 5.41) is 25.9. The normalized spacial score (nSPS) is 13.2. The predicted octanol–water partition coefficient (Wildman–Crippen LogP) is -3.46. The minimum absolute atomic E-state index is 0.0227. The van der Waals surface area contributed by atoms with E-state index >= 15 is 0 Å². The van der Waals surface area contributed by atoms with Gasteiger partial charge in [-0.15, -0.1) is 4.73 Å². The van der Waals surface area contributed by atoms with Gasteiger partial charge in [-0.1, -0.05) is 0 Å². The first kappa shape index (κ1) is 28.3. The molecule has 16 nitrogen and oxygen atoms in total. The summed E-state index contributed by atoms with van der Waals surface area (Å²) in [6.45, 7) is -1.03. The second kappa shape index (κ2) is 13.3. The maximum atomic E-state index is 12.6. The lowest BCUT2D eigenvalue weighted by atomic mass is 10.1. The zero-order valence-electron chi connectivity index (χ0n) is 19.5. The molecule has 0 spiro atoms. The fourth-order valence-electron chi connectivity index (χ4n) is 3.03. The zero-order valence-corrected chi connectivity index (χ0v) is 19.5. The lowest BCUT2D eigenvalue weighted by Crippen LogP contribution is -2.49. The minimum Gasteiger partial charge on any atom is -0.492 e. The third-order valence-electron chi connectivity index (χ3n) is 4.85. The average molecular weight is 522 g/mol. The van der Waals surface area contributed by atoms with Gasteiger partial charge in [-0.2, -0.15) is 0 Å². The topological polar surface area (TPSA) is 239 Å². The van der Waals surface area contributed by atoms with E-state index in [2.05, 4.69) is 16.0 Å². The van der Waals surface area contributed by atoms with Crippen molar-refractivity contribution in [1.29, 1.82) is 0 Å². The summed E-state index contributed by atoms with van der Waals surface area (Å²) >= 11 is 0. The Morgan fingerprint density at radius 2 is 1.54 bits per heavy atom. The van der Waals surface area contributed by atoms with Crippen LogP contribution in [0.3, 0.4) is 0 Å². The number of nitrogens with two attached hydrogens (primary N) is 1. The second-order valence-electron chi connectivity index (χ2n) is 7.69. The molecule has 6 amide bonds. The third kappa shape index (κ3) is 9.00. The minimum atomic E-state index is -1.31. The van der Waals surface area contributed by atoms with Gasteiger partial charge in [0.2, 0.25) is 35.4 Å². The number of nitrogens with zero attached hydrogens (tertiary/aromatic N) is 2. The molecule has 0 aromatic carbocycles. The van der Waals surface area contributed by atoms with Crippen molar-refractivity contribution in [2.75, 3.05) is 19.6 Å². The first-order valence-electron chi connectivity index (χ1n) is 10.9. The molecule has 2 heterocycles. The number of aromatic nitrogens is 1. The van der Waals surface area contributed by atoms with Crippen LogP contribution in [0, 0.1) is 0 Å². The summed E-state index contributed by atoms with van der Waals surface area (Å²) in [5.41, 5.74) is 4.92. The van der Waals surface area contributed by atoms with Gasteiger partial charge in [0.15, 0.2) is 0 Å². The van der Waals surface area contributed by atoms with E-state index in [1.54, 1.807) is 0 Å². The Labute approximate surface area is 209 Å². The molecule has 0 fully saturated rings. The number of imide groups is 1. The van der Waals surface area contributed by atoms with Gasteiger partial charge in [0.1, 0.15) is 6.04 Å². The molecule has 7 N–H and O–H groups in total. The van der Waals surface area contributed by atoms with Gasteiger partial charge in [0, 0.05) is 37.3 Å². The second-order valence-corrected chi connectivity index (χ2v) is 7.69. The molecule has 1 aliphatic heterocycles. The summed E-state index contributed by atoms with van der Waals surface area (Å²) < 4.78 is 0.453. The number of hydrogen-bond donors (Lipinski definition) is 6. The van der Waals surface area contributed by atoms with Crippen molar-refractivity contribution in [2.45, 2.75) is 31.7 Å². The molecule has 37 heavy (non-hydrogen) atoms. The molecular formula is C21H26N6O10. The smallest absolute Gasteiger partial charge is 0.333 e. The molecular weight excluding hydrogens is 496 g/mol. The number of carbonyl (C=O) groups excluding carboxylic acids is 7. The van der Waals surface area contributed by atoms with E-state index in [1.807, 2.05) is 0 Å². The number of aromatic hydroxyl groups is 2. The van der Waals surface area contributed by atoms with Crippen LogP contribution in [0.1, 0.15) is 25.7 Å². The van der Waals surface area contributed by atoms with Crippen molar-refractivity contribution >= 4 is 41.4 Å².